The van der Waals surface area contributed by atoms with E-state index in [1.54, 1.807) is 0 Å². The normalized spacial score (nSPS) is 23.2. The number of fused-ring (bicyclic) bond motifs is 3. The molecule has 1 amide bonds. The van der Waals surface area contributed by atoms with Gasteiger partial charge in [-0.3, -0.25) is 4.79 Å². The number of halogens is 2. The van der Waals surface area contributed by atoms with Gasteiger partial charge in [0.2, 0.25) is 5.91 Å². The highest BCUT2D eigenvalue weighted by atomic mass is 35.5. The first-order valence-corrected chi connectivity index (χ1v) is 9.73. The number of rotatable bonds is 2. The zero-order chi connectivity index (χ0) is 18.5. The highest BCUT2D eigenvalue weighted by Crippen LogP contribution is 2.49. The van der Waals surface area contributed by atoms with Gasteiger partial charge in [0.05, 0.1) is 16.1 Å². The molecular formula is C22H21Cl2NO. The average molecular weight is 386 g/mol. The van der Waals surface area contributed by atoms with Crippen LogP contribution < -0.4 is 0 Å². The van der Waals surface area contributed by atoms with Crippen molar-refractivity contribution in [2.45, 2.75) is 44.6 Å². The fourth-order valence-electron chi connectivity index (χ4n) is 4.38. The zero-order valence-electron chi connectivity index (χ0n) is 14.9. The zero-order valence-corrected chi connectivity index (χ0v) is 16.4. The van der Waals surface area contributed by atoms with E-state index in [-0.39, 0.29) is 17.4 Å². The van der Waals surface area contributed by atoms with Gasteiger partial charge >= 0.3 is 0 Å². The van der Waals surface area contributed by atoms with E-state index >= 15 is 0 Å². The quantitative estimate of drug-likeness (QED) is 0.613. The number of allylic oxidation sites excluding steroid dienone is 2. The molecular weight excluding hydrogens is 365 g/mol. The largest absolute Gasteiger partial charge is 0.308 e. The van der Waals surface area contributed by atoms with Gasteiger partial charge in [0.15, 0.2) is 0 Å². The maximum absolute atomic E-state index is 12.9. The predicted octanol–water partition coefficient (Wildman–Crippen LogP) is 6.07. The smallest absolute Gasteiger partial charge is 0.227 e. The number of carbonyl (C=O) groups is 1. The first kappa shape index (κ1) is 17.6. The van der Waals surface area contributed by atoms with E-state index in [9.17, 15) is 4.79 Å². The number of carbonyl (C=O) groups excluding carboxylic acids is 1. The SMILES string of the molecule is C[C@@H](c1ccccc1)N1C(=O)CC[C@]2(C)C1=CCc1cc(Cl)c(Cl)cc12. The summed E-state index contributed by atoms with van der Waals surface area (Å²) < 4.78 is 0. The summed E-state index contributed by atoms with van der Waals surface area (Å²) in [4.78, 5) is 14.9. The number of nitrogens with zero attached hydrogens (tertiary/aromatic N) is 1. The number of hydrogen-bond donors (Lipinski definition) is 0. The Labute approximate surface area is 164 Å². The molecule has 0 bridgehead atoms. The van der Waals surface area contributed by atoms with Crippen molar-refractivity contribution >= 4 is 29.1 Å². The van der Waals surface area contributed by atoms with Crippen LogP contribution in [0.3, 0.4) is 0 Å². The summed E-state index contributed by atoms with van der Waals surface area (Å²) in [6.45, 7) is 4.32. The van der Waals surface area contributed by atoms with Gasteiger partial charge in [-0.15, -0.1) is 0 Å². The molecule has 4 rings (SSSR count). The summed E-state index contributed by atoms with van der Waals surface area (Å²) in [6.07, 6.45) is 4.29. The van der Waals surface area contributed by atoms with Gasteiger partial charge in [0, 0.05) is 17.5 Å². The van der Waals surface area contributed by atoms with Crippen molar-refractivity contribution in [2.75, 3.05) is 0 Å². The summed E-state index contributed by atoms with van der Waals surface area (Å²) in [5.41, 5.74) is 4.41. The number of piperidine rings is 1. The molecule has 26 heavy (non-hydrogen) atoms. The van der Waals surface area contributed by atoms with E-state index in [1.807, 2.05) is 35.2 Å². The van der Waals surface area contributed by atoms with Gasteiger partial charge in [-0.05, 0) is 55.5 Å². The van der Waals surface area contributed by atoms with Crippen LogP contribution in [0.4, 0.5) is 0 Å². The minimum absolute atomic E-state index is 0.00102. The van der Waals surface area contributed by atoms with Gasteiger partial charge < -0.3 is 4.90 Å². The lowest BCUT2D eigenvalue weighted by molar-refractivity contribution is -0.134. The third-order valence-electron chi connectivity index (χ3n) is 5.86. The van der Waals surface area contributed by atoms with Crippen LogP contribution in [0.2, 0.25) is 10.0 Å². The maximum atomic E-state index is 12.9. The van der Waals surface area contributed by atoms with Crippen LogP contribution in [0.1, 0.15) is 49.4 Å². The topological polar surface area (TPSA) is 20.3 Å². The molecule has 0 saturated carbocycles. The molecule has 134 valence electrons. The minimum atomic E-state index is -0.223. The molecule has 2 atom stereocenters. The Balaban J connectivity index is 1.81. The standard InChI is InChI=1S/C22H21Cl2NO/c1-14(15-6-4-3-5-7-15)25-20-9-8-16-12-18(23)19(24)13-17(16)22(20,2)11-10-21(25)26/h3-7,9,12-14H,8,10-11H2,1-2H3/t14-,22-/m0/s1. The van der Waals surface area contributed by atoms with Crippen LogP contribution >= 0.6 is 23.2 Å². The van der Waals surface area contributed by atoms with E-state index in [2.05, 4.69) is 32.1 Å². The fourth-order valence-corrected chi connectivity index (χ4v) is 4.73. The lowest BCUT2D eigenvalue weighted by Gasteiger charge is -2.48. The highest BCUT2D eigenvalue weighted by molar-refractivity contribution is 6.42. The minimum Gasteiger partial charge on any atom is -0.308 e. The summed E-state index contributed by atoms with van der Waals surface area (Å²) in [7, 11) is 0. The highest BCUT2D eigenvalue weighted by Gasteiger charge is 2.45. The second kappa shape index (κ2) is 6.44. The molecule has 0 N–H and O–H groups in total. The second-order valence-electron chi connectivity index (χ2n) is 7.40. The first-order chi connectivity index (χ1) is 12.4. The Morgan fingerprint density at radius 1 is 1.12 bits per heavy atom. The lowest BCUT2D eigenvalue weighted by Crippen LogP contribution is -2.47. The van der Waals surface area contributed by atoms with E-state index in [0.29, 0.717) is 16.5 Å². The molecule has 2 aliphatic rings. The number of amides is 1. The van der Waals surface area contributed by atoms with Crippen molar-refractivity contribution in [3.05, 3.63) is 81.0 Å². The average Bonchev–Trinajstić information content (AvgIpc) is 2.64. The molecule has 0 spiro atoms. The van der Waals surface area contributed by atoms with Crippen LogP contribution in [0.15, 0.2) is 54.2 Å². The van der Waals surface area contributed by atoms with Crippen LogP contribution in [0.25, 0.3) is 0 Å². The Bertz CT molecular complexity index is 906. The van der Waals surface area contributed by atoms with Crippen molar-refractivity contribution in [2.24, 2.45) is 0 Å². The Morgan fingerprint density at radius 2 is 1.81 bits per heavy atom. The van der Waals surface area contributed by atoms with E-state index in [1.165, 1.54) is 11.1 Å². The number of likely N-dealkylation sites (tertiary alicyclic amines) is 1. The van der Waals surface area contributed by atoms with Gasteiger partial charge in [0.25, 0.3) is 0 Å². The van der Waals surface area contributed by atoms with E-state index in [4.69, 9.17) is 23.2 Å². The molecule has 2 nitrogen and oxygen atoms in total. The third-order valence-corrected chi connectivity index (χ3v) is 6.58. The molecule has 0 aromatic heterocycles. The van der Waals surface area contributed by atoms with Gasteiger partial charge in [-0.1, -0.05) is 59.6 Å². The van der Waals surface area contributed by atoms with E-state index < -0.39 is 0 Å². The van der Waals surface area contributed by atoms with Crippen molar-refractivity contribution in [3.63, 3.8) is 0 Å². The molecule has 0 unspecified atom stereocenters. The monoisotopic (exact) mass is 385 g/mol. The summed E-state index contributed by atoms with van der Waals surface area (Å²) in [6, 6.07) is 14.2. The Morgan fingerprint density at radius 3 is 2.54 bits per heavy atom. The van der Waals surface area contributed by atoms with Crippen LogP contribution in [0.5, 0.6) is 0 Å². The van der Waals surface area contributed by atoms with Gasteiger partial charge in [-0.2, -0.15) is 0 Å². The van der Waals surface area contributed by atoms with Crippen molar-refractivity contribution in [1.29, 1.82) is 0 Å². The number of hydrogen-bond acceptors (Lipinski definition) is 1. The van der Waals surface area contributed by atoms with Crippen molar-refractivity contribution < 1.29 is 4.79 Å². The summed E-state index contributed by atoms with van der Waals surface area (Å²) >= 11 is 12.6. The molecule has 0 radical (unpaired) electrons. The molecule has 2 aromatic rings. The van der Waals surface area contributed by atoms with E-state index in [0.717, 1.165) is 24.1 Å². The van der Waals surface area contributed by atoms with Gasteiger partial charge in [-0.25, -0.2) is 0 Å². The fraction of sp³-hybridized carbons (Fsp3) is 0.318. The molecule has 4 heteroatoms. The summed E-state index contributed by atoms with van der Waals surface area (Å²) in [5, 5.41) is 1.17. The molecule has 1 saturated heterocycles. The van der Waals surface area contributed by atoms with Crippen LogP contribution in [-0.2, 0) is 16.6 Å². The Kier molecular flexibility index (Phi) is 4.37. The molecule has 1 aliphatic carbocycles. The molecule has 1 aliphatic heterocycles. The third kappa shape index (κ3) is 2.67. The summed E-state index contributed by atoms with van der Waals surface area (Å²) in [5.74, 6) is 0.189. The number of benzene rings is 2. The first-order valence-electron chi connectivity index (χ1n) is 8.98. The van der Waals surface area contributed by atoms with Crippen LogP contribution in [-0.4, -0.2) is 10.8 Å². The van der Waals surface area contributed by atoms with Gasteiger partial charge in [0.1, 0.15) is 0 Å². The lowest BCUT2D eigenvalue weighted by atomic mass is 9.67. The maximum Gasteiger partial charge on any atom is 0.227 e. The second-order valence-corrected chi connectivity index (χ2v) is 8.21. The van der Waals surface area contributed by atoms with Crippen molar-refractivity contribution in [3.8, 4) is 0 Å². The van der Waals surface area contributed by atoms with Crippen molar-refractivity contribution in [1.82, 2.24) is 4.90 Å². The predicted molar refractivity (Wildman–Crippen MR) is 107 cm³/mol. The Hall–Kier alpha value is -1.77. The van der Waals surface area contributed by atoms with Crippen LogP contribution in [0, 0.1) is 0 Å². The molecule has 2 aromatic carbocycles. The molecule has 1 heterocycles. The molecule has 1 fully saturated rings.